The van der Waals surface area contributed by atoms with Gasteiger partial charge in [0, 0.05) is 26.1 Å². The minimum Gasteiger partial charge on any atom is -0.495 e. The smallest absolute Gasteiger partial charge is 0.229 e. The normalized spacial score (nSPS) is 19.2. The molecule has 0 saturated carbocycles. The first-order chi connectivity index (χ1) is 13.7. The van der Waals surface area contributed by atoms with Crippen molar-refractivity contribution in [3.05, 3.63) is 36.8 Å². The van der Waals surface area contributed by atoms with Crippen molar-refractivity contribution < 1.29 is 14.3 Å². The molecule has 2 aliphatic rings. The molecule has 28 heavy (non-hydrogen) atoms. The van der Waals surface area contributed by atoms with Gasteiger partial charge in [-0.3, -0.25) is 9.59 Å². The Labute approximate surface area is 163 Å². The topological polar surface area (TPSA) is 87.7 Å². The number of carbonyl (C=O) groups excluding carboxylic acids is 2. The summed E-state index contributed by atoms with van der Waals surface area (Å²) in [4.78, 5) is 37.6. The zero-order valence-electron chi connectivity index (χ0n) is 15.8. The van der Waals surface area contributed by atoms with Gasteiger partial charge in [0.2, 0.25) is 11.8 Å². The molecule has 1 N–H and O–H groups in total. The number of amides is 2. The number of para-hydroxylation sites is 2. The van der Waals surface area contributed by atoms with E-state index in [1.807, 2.05) is 18.2 Å². The highest BCUT2D eigenvalue weighted by Gasteiger charge is 2.36. The number of carbonyl (C=O) groups is 2. The molecule has 146 valence electrons. The van der Waals surface area contributed by atoms with Crippen molar-refractivity contribution >= 4 is 29.0 Å². The Morgan fingerprint density at radius 3 is 2.82 bits per heavy atom. The maximum atomic E-state index is 12.9. The summed E-state index contributed by atoms with van der Waals surface area (Å²) in [5.41, 5.74) is 1.28. The van der Waals surface area contributed by atoms with Crippen LogP contribution in [0.3, 0.4) is 0 Å². The fraction of sp³-hybridized carbons (Fsp3) is 0.400. The van der Waals surface area contributed by atoms with Crippen LogP contribution in [0.2, 0.25) is 0 Å². The van der Waals surface area contributed by atoms with Crippen LogP contribution in [0.15, 0.2) is 36.8 Å². The third kappa shape index (κ3) is 3.49. The number of benzene rings is 1. The zero-order chi connectivity index (χ0) is 19.5. The van der Waals surface area contributed by atoms with Crippen molar-refractivity contribution in [3.8, 4) is 5.75 Å². The molecular weight excluding hydrogens is 358 g/mol. The Morgan fingerprint density at radius 2 is 2.04 bits per heavy atom. The van der Waals surface area contributed by atoms with Gasteiger partial charge >= 0.3 is 0 Å². The van der Waals surface area contributed by atoms with Gasteiger partial charge in [-0.2, -0.15) is 0 Å². The lowest BCUT2D eigenvalue weighted by Gasteiger charge is -2.21. The Morgan fingerprint density at radius 1 is 1.25 bits per heavy atom. The summed E-state index contributed by atoms with van der Waals surface area (Å²) in [6.45, 7) is 2.16. The summed E-state index contributed by atoms with van der Waals surface area (Å²) in [6, 6.07) is 7.33. The van der Waals surface area contributed by atoms with Crippen LogP contribution in [-0.4, -0.2) is 48.5 Å². The Bertz CT molecular complexity index is 882. The van der Waals surface area contributed by atoms with E-state index in [1.54, 1.807) is 24.3 Å². The van der Waals surface area contributed by atoms with E-state index in [2.05, 4.69) is 20.2 Å². The second kappa shape index (κ2) is 7.84. The average molecular weight is 381 g/mol. The molecule has 2 fully saturated rings. The quantitative estimate of drug-likeness (QED) is 0.853. The molecule has 2 saturated heterocycles. The van der Waals surface area contributed by atoms with E-state index in [1.165, 1.54) is 6.33 Å². The summed E-state index contributed by atoms with van der Waals surface area (Å²) < 4.78 is 5.35. The molecule has 2 amide bonds. The summed E-state index contributed by atoms with van der Waals surface area (Å²) in [7, 11) is 1.57. The lowest BCUT2D eigenvalue weighted by atomic mass is 10.1. The summed E-state index contributed by atoms with van der Waals surface area (Å²) in [5, 5.41) is 2.93. The van der Waals surface area contributed by atoms with Gasteiger partial charge in [-0.15, -0.1) is 0 Å². The molecule has 0 aliphatic carbocycles. The third-order valence-corrected chi connectivity index (χ3v) is 5.23. The molecule has 3 heterocycles. The molecule has 0 bridgehead atoms. The number of aromatic nitrogens is 2. The van der Waals surface area contributed by atoms with Crippen LogP contribution in [0, 0.1) is 5.92 Å². The largest absolute Gasteiger partial charge is 0.495 e. The molecule has 1 atom stereocenters. The number of nitrogens with zero attached hydrogens (tertiary/aromatic N) is 4. The van der Waals surface area contributed by atoms with E-state index in [4.69, 9.17) is 4.74 Å². The summed E-state index contributed by atoms with van der Waals surface area (Å²) in [6.07, 6.45) is 5.50. The average Bonchev–Trinajstić information content (AvgIpc) is 3.38. The van der Waals surface area contributed by atoms with E-state index in [9.17, 15) is 9.59 Å². The molecule has 8 nitrogen and oxygen atoms in total. The molecule has 1 aromatic carbocycles. The summed E-state index contributed by atoms with van der Waals surface area (Å²) in [5.74, 6) is 0.634. The molecule has 2 aliphatic heterocycles. The van der Waals surface area contributed by atoms with Gasteiger partial charge in [0.05, 0.1) is 24.9 Å². The van der Waals surface area contributed by atoms with Gasteiger partial charge < -0.3 is 19.9 Å². The molecular formula is C20H23N5O3. The van der Waals surface area contributed by atoms with Crippen LogP contribution >= 0.6 is 0 Å². The van der Waals surface area contributed by atoms with Crippen molar-refractivity contribution in [1.82, 2.24) is 9.97 Å². The highest BCUT2D eigenvalue weighted by atomic mass is 16.5. The van der Waals surface area contributed by atoms with Gasteiger partial charge in [0.15, 0.2) is 5.82 Å². The standard InChI is InChI=1S/C20H23N5O3/c1-28-17-7-3-2-6-16(17)25-12-14(10-18(25)26)20(27)23-15-11-21-13-22-19(15)24-8-4-5-9-24/h2-3,6-7,11,13-14H,4-5,8-10,12H2,1H3,(H,23,27). The predicted octanol–water partition coefficient (Wildman–Crippen LogP) is 2.08. The minimum atomic E-state index is -0.441. The maximum absolute atomic E-state index is 12.9. The lowest BCUT2D eigenvalue weighted by molar-refractivity contribution is -0.122. The fourth-order valence-electron chi connectivity index (χ4n) is 3.80. The molecule has 2 aromatic rings. The fourth-order valence-corrected chi connectivity index (χ4v) is 3.80. The molecule has 1 aromatic heterocycles. The Balaban J connectivity index is 1.49. The van der Waals surface area contributed by atoms with E-state index >= 15 is 0 Å². The SMILES string of the molecule is COc1ccccc1N1CC(C(=O)Nc2cncnc2N2CCCC2)CC1=O. The first-order valence-corrected chi connectivity index (χ1v) is 9.46. The number of rotatable bonds is 5. The van der Waals surface area contributed by atoms with Gasteiger partial charge in [-0.25, -0.2) is 9.97 Å². The lowest BCUT2D eigenvalue weighted by Crippen LogP contribution is -2.29. The molecule has 0 radical (unpaired) electrons. The van der Waals surface area contributed by atoms with Crippen molar-refractivity contribution in [2.75, 3.05) is 41.9 Å². The number of nitrogens with one attached hydrogen (secondary N) is 1. The zero-order valence-corrected chi connectivity index (χ0v) is 15.8. The second-order valence-corrected chi connectivity index (χ2v) is 7.02. The van der Waals surface area contributed by atoms with E-state index in [0.717, 1.165) is 31.7 Å². The first-order valence-electron chi connectivity index (χ1n) is 9.46. The van der Waals surface area contributed by atoms with Crippen molar-refractivity contribution in [2.24, 2.45) is 5.92 Å². The monoisotopic (exact) mass is 381 g/mol. The Hall–Kier alpha value is -3.16. The van der Waals surface area contributed by atoms with Crippen LogP contribution in [0.1, 0.15) is 19.3 Å². The van der Waals surface area contributed by atoms with Crippen molar-refractivity contribution in [3.63, 3.8) is 0 Å². The van der Waals surface area contributed by atoms with Crippen LogP contribution in [-0.2, 0) is 9.59 Å². The van der Waals surface area contributed by atoms with Crippen molar-refractivity contribution in [1.29, 1.82) is 0 Å². The molecule has 8 heteroatoms. The molecule has 1 unspecified atom stereocenters. The van der Waals surface area contributed by atoms with Gasteiger partial charge in [0.1, 0.15) is 17.8 Å². The van der Waals surface area contributed by atoms with E-state index in [0.29, 0.717) is 23.7 Å². The van der Waals surface area contributed by atoms with E-state index in [-0.39, 0.29) is 18.2 Å². The van der Waals surface area contributed by atoms with Gasteiger partial charge in [-0.05, 0) is 25.0 Å². The highest BCUT2D eigenvalue weighted by molar-refractivity contribution is 6.04. The maximum Gasteiger partial charge on any atom is 0.229 e. The second-order valence-electron chi connectivity index (χ2n) is 7.02. The highest BCUT2D eigenvalue weighted by Crippen LogP contribution is 2.33. The van der Waals surface area contributed by atoms with Crippen LogP contribution in [0.5, 0.6) is 5.75 Å². The van der Waals surface area contributed by atoms with Crippen molar-refractivity contribution in [2.45, 2.75) is 19.3 Å². The summed E-state index contributed by atoms with van der Waals surface area (Å²) >= 11 is 0. The van der Waals surface area contributed by atoms with Gasteiger partial charge in [-0.1, -0.05) is 12.1 Å². The minimum absolute atomic E-state index is 0.0891. The number of hydrogen-bond donors (Lipinski definition) is 1. The van der Waals surface area contributed by atoms with Crippen LogP contribution in [0.4, 0.5) is 17.2 Å². The third-order valence-electron chi connectivity index (χ3n) is 5.23. The number of anilines is 3. The Kier molecular flexibility index (Phi) is 5.10. The van der Waals surface area contributed by atoms with Gasteiger partial charge in [0.25, 0.3) is 0 Å². The van der Waals surface area contributed by atoms with Crippen LogP contribution < -0.4 is 19.9 Å². The number of methoxy groups -OCH3 is 1. The van der Waals surface area contributed by atoms with Crippen LogP contribution in [0.25, 0.3) is 0 Å². The first kappa shape index (κ1) is 18.2. The predicted molar refractivity (Wildman–Crippen MR) is 106 cm³/mol. The number of ether oxygens (including phenoxy) is 1. The van der Waals surface area contributed by atoms with E-state index < -0.39 is 5.92 Å². The molecule has 4 rings (SSSR count). The molecule has 0 spiro atoms. The number of hydrogen-bond acceptors (Lipinski definition) is 6.